The summed E-state index contributed by atoms with van der Waals surface area (Å²) in [7, 11) is 0. The molecule has 1 atom stereocenters. The van der Waals surface area contributed by atoms with Crippen molar-refractivity contribution in [2.45, 2.75) is 18.5 Å². The summed E-state index contributed by atoms with van der Waals surface area (Å²) in [5, 5.41) is 2.81. The fraction of sp³-hybridized carbons (Fsp3) is 0.312. The molecule has 3 amide bonds. The van der Waals surface area contributed by atoms with E-state index in [0.717, 1.165) is 5.75 Å². The van der Waals surface area contributed by atoms with Crippen molar-refractivity contribution in [1.82, 2.24) is 15.2 Å². The first-order valence-electron chi connectivity index (χ1n) is 7.50. The molecule has 2 aliphatic rings. The summed E-state index contributed by atoms with van der Waals surface area (Å²) in [6, 6.07) is 5.36. The molecule has 1 aromatic carbocycles. The number of urea groups is 1. The first kappa shape index (κ1) is 15.2. The Morgan fingerprint density at radius 3 is 2.83 bits per heavy atom. The second kappa shape index (κ2) is 5.62. The largest absolute Gasteiger partial charge is 0.444 e. The highest BCUT2D eigenvalue weighted by Gasteiger charge is 2.52. The van der Waals surface area contributed by atoms with Crippen molar-refractivity contribution in [2.75, 3.05) is 11.5 Å². The van der Waals surface area contributed by atoms with Gasteiger partial charge in [0.2, 0.25) is 5.89 Å². The molecule has 2 fully saturated rings. The number of amides is 3. The maximum atomic E-state index is 13.0. The molecule has 0 unspecified atom stereocenters. The number of imide groups is 1. The molecule has 6 nitrogen and oxygen atoms in total. The maximum absolute atomic E-state index is 13.0. The van der Waals surface area contributed by atoms with Crippen LogP contribution in [0.1, 0.15) is 12.1 Å². The minimum atomic E-state index is -0.759. The van der Waals surface area contributed by atoms with Crippen LogP contribution in [-0.4, -0.2) is 38.9 Å². The Balaban J connectivity index is 1.53. The van der Waals surface area contributed by atoms with Crippen molar-refractivity contribution in [3.8, 4) is 11.5 Å². The summed E-state index contributed by atoms with van der Waals surface area (Å²) in [4.78, 5) is 30.2. The quantitative estimate of drug-likeness (QED) is 0.863. The number of nitrogens with one attached hydrogen (secondary N) is 1. The van der Waals surface area contributed by atoms with Crippen molar-refractivity contribution < 1.29 is 18.4 Å². The van der Waals surface area contributed by atoms with Crippen LogP contribution in [0, 0.1) is 5.82 Å². The van der Waals surface area contributed by atoms with Crippen LogP contribution in [0.5, 0.6) is 0 Å². The molecule has 2 saturated heterocycles. The number of hydrogen-bond donors (Lipinski definition) is 1. The van der Waals surface area contributed by atoms with Gasteiger partial charge in [0.15, 0.2) is 0 Å². The average molecular weight is 347 g/mol. The molecule has 0 aliphatic carbocycles. The predicted molar refractivity (Wildman–Crippen MR) is 85.7 cm³/mol. The van der Waals surface area contributed by atoms with Gasteiger partial charge in [0.1, 0.15) is 17.6 Å². The molecule has 124 valence electrons. The fourth-order valence-corrected chi connectivity index (χ4v) is 4.24. The van der Waals surface area contributed by atoms with Crippen LogP contribution in [0.15, 0.2) is 34.9 Å². The Kier molecular flexibility index (Phi) is 3.56. The van der Waals surface area contributed by atoms with Gasteiger partial charge in [-0.25, -0.2) is 14.2 Å². The summed E-state index contributed by atoms with van der Waals surface area (Å²) < 4.78 is 18.3. The second-order valence-electron chi connectivity index (χ2n) is 5.86. The van der Waals surface area contributed by atoms with Gasteiger partial charge in [-0.1, -0.05) is 0 Å². The predicted octanol–water partition coefficient (Wildman–Crippen LogP) is 2.41. The monoisotopic (exact) mass is 347 g/mol. The van der Waals surface area contributed by atoms with E-state index in [2.05, 4.69) is 10.3 Å². The lowest BCUT2D eigenvalue weighted by Gasteiger charge is -2.18. The van der Waals surface area contributed by atoms with E-state index in [1.54, 1.807) is 23.9 Å². The number of thioether (sulfide) groups is 1. The molecule has 0 saturated carbocycles. The van der Waals surface area contributed by atoms with E-state index in [9.17, 15) is 14.0 Å². The standard InChI is InChI=1S/C16H14FN3O3S/c17-11-3-1-10(2-4-11)13-18-12(8-23-13)7-20-14(21)16(19-15(20)22)5-6-24-9-16/h1-4,8H,5-7,9H2,(H,19,22)/t16-/m1/s1. The van der Waals surface area contributed by atoms with Crippen LogP contribution in [0.2, 0.25) is 0 Å². The van der Waals surface area contributed by atoms with E-state index in [1.807, 2.05) is 0 Å². The number of nitrogens with zero attached hydrogens (tertiary/aromatic N) is 2. The number of benzene rings is 1. The molecule has 2 aliphatic heterocycles. The Bertz CT molecular complexity index is 799. The van der Waals surface area contributed by atoms with Gasteiger partial charge in [0.25, 0.3) is 5.91 Å². The zero-order valence-corrected chi connectivity index (χ0v) is 13.4. The topological polar surface area (TPSA) is 75.4 Å². The van der Waals surface area contributed by atoms with E-state index in [-0.39, 0.29) is 18.3 Å². The molecular weight excluding hydrogens is 333 g/mol. The summed E-state index contributed by atoms with van der Waals surface area (Å²) in [5.74, 6) is 1.24. The number of aromatic nitrogens is 1. The fourth-order valence-electron chi connectivity index (χ4n) is 2.92. The maximum Gasteiger partial charge on any atom is 0.325 e. The summed E-state index contributed by atoms with van der Waals surface area (Å²) in [5.41, 5.74) is 0.342. The van der Waals surface area contributed by atoms with E-state index >= 15 is 0 Å². The first-order valence-corrected chi connectivity index (χ1v) is 8.65. The number of carbonyl (C=O) groups excluding carboxylic acids is 2. The lowest BCUT2D eigenvalue weighted by Crippen LogP contribution is -2.46. The third kappa shape index (κ3) is 2.47. The average Bonchev–Trinajstić information content (AvgIpc) is 3.27. The van der Waals surface area contributed by atoms with Gasteiger partial charge < -0.3 is 9.73 Å². The third-order valence-corrected chi connectivity index (χ3v) is 5.42. The molecule has 2 aromatic rings. The Labute approximate surface area is 141 Å². The van der Waals surface area contributed by atoms with Gasteiger partial charge >= 0.3 is 6.03 Å². The van der Waals surface area contributed by atoms with Gasteiger partial charge in [-0.05, 0) is 36.4 Å². The number of carbonyl (C=O) groups is 2. The lowest BCUT2D eigenvalue weighted by atomic mass is 9.99. The zero-order chi connectivity index (χ0) is 16.7. The molecule has 4 rings (SSSR count). The van der Waals surface area contributed by atoms with Gasteiger partial charge in [-0.15, -0.1) is 0 Å². The smallest absolute Gasteiger partial charge is 0.325 e. The van der Waals surface area contributed by atoms with Gasteiger partial charge in [-0.3, -0.25) is 9.69 Å². The Morgan fingerprint density at radius 2 is 2.12 bits per heavy atom. The van der Waals surface area contributed by atoms with Crippen molar-refractivity contribution in [1.29, 1.82) is 0 Å². The van der Waals surface area contributed by atoms with Crippen LogP contribution in [0.3, 0.4) is 0 Å². The molecule has 1 aromatic heterocycles. The molecular formula is C16H14FN3O3S. The first-order chi connectivity index (χ1) is 11.6. The van der Waals surface area contributed by atoms with Crippen LogP contribution >= 0.6 is 11.8 Å². The number of oxazole rings is 1. The minimum Gasteiger partial charge on any atom is -0.444 e. The van der Waals surface area contributed by atoms with Crippen LogP contribution in [0.25, 0.3) is 11.5 Å². The van der Waals surface area contributed by atoms with E-state index < -0.39 is 11.6 Å². The summed E-state index contributed by atoms with van der Waals surface area (Å²) in [6.45, 7) is 0.0573. The van der Waals surface area contributed by atoms with Crippen molar-refractivity contribution in [3.05, 3.63) is 42.0 Å². The Hall–Kier alpha value is -2.35. The highest BCUT2D eigenvalue weighted by atomic mass is 32.2. The molecule has 0 radical (unpaired) electrons. The van der Waals surface area contributed by atoms with E-state index in [4.69, 9.17) is 4.42 Å². The van der Waals surface area contributed by atoms with Gasteiger partial charge in [0, 0.05) is 11.3 Å². The van der Waals surface area contributed by atoms with Crippen LogP contribution in [-0.2, 0) is 11.3 Å². The van der Waals surface area contributed by atoms with Gasteiger partial charge in [0.05, 0.1) is 12.2 Å². The van der Waals surface area contributed by atoms with Crippen LogP contribution < -0.4 is 5.32 Å². The van der Waals surface area contributed by atoms with Crippen molar-refractivity contribution in [3.63, 3.8) is 0 Å². The minimum absolute atomic E-state index is 0.0573. The van der Waals surface area contributed by atoms with Crippen LogP contribution in [0.4, 0.5) is 9.18 Å². The Morgan fingerprint density at radius 1 is 1.33 bits per heavy atom. The molecule has 1 spiro atoms. The third-order valence-electron chi connectivity index (χ3n) is 4.23. The molecule has 3 heterocycles. The molecule has 24 heavy (non-hydrogen) atoms. The highest BCUT2D eigenvalue weighted by molar-refractivity contribution is 7.99. The molecule has 0 bridgehead atoms. The van der Waals surface area contributed by atoms with Crippen molar-refractivity contribution >= 4 is 23.7 Å². The highest BCUT2D eigenvalue weighted by Crippen LogP contribution is 2.34. The lowest BCUT2D eigenvalue weighted by molar-refractivity contribution is -0.130. The number of hydrogen-bond acceptors (Lipinski definition) is 5. The SMILES string of the molecule is O=C1N[C@@]2(CCSC2)C(=O)N1Cc1coc(-c2ccc(F)cc2)n1. The zero-order valence-electron chi connectivity index (χ0n) is 12.6. The summed E-state index contributed by atoms with van der Waals surface area (Å²) >= 11 is 1.66. The normalized spacial score (nSPS) is 23.3. The molecule has 1 N–H and O–H groups in total. The second-order valence-corrected chi connectivity index (χ2v) is 6.96. The number of rotatable bonds is 3. The summed E-state index contributed by atoms with van der Waals surface area (Å²) in [6.07, 6.45) is 2.06. The van der Waals surface area contributed by atoms with E-state index in [0.29, 0.717) is 29.3 Å². The van der Waals surface area contributed by atoms with Gasteiger partial charge in [-0.2, -0.15) is 11.8 Å². The van der Waals surface area contributed by atoms with Crippen molar-refractivity contribution in [2.24, 2.45) is 0 Å². The number of halogens is 1. The van der Waals surface area contributed by atoms with E-state index in [1.165, 1.54) is 23.3 Å². The molecule has 8 heteroatoms.